The Morgan fingerprint density at radius 1 is 1.09 bits per heavy atom. The zero-order valence-corrected chi connectivity index (χ0v) is 21.2. The maximum absolute atomic E-state index is 13.4. The predicted octanol–water partition coefficient (Wildman–Crippen LogP) is 3.32. The Labute approximate surface area is 204 Å². The molecule has 0 aliphatic heterocycles. The number of carbonyl (C=O) groups is 2. The van der Waals surface area contributed by atoms with E-state index in [1.54, 1.807) is 44.2 Å². The maximum Gasteiger partial charge on any atom is 0.244 e. The number of nitrogens with zero attached hydrogens (tertiary/aromatic N) is 2. The van der Waals surface area contributed by atoms with E-state index in [-0.39, 0.29) is 28.9 Å². The lowest BCUT2D eigenvalue weighted by Gasteiger charge is -2.31. The van der Waals surface area contributed by atoms with Crippen molar-refractivity contribution in [3.05, 3.63) is 58.1 Å². The van der Waals surface area contributed by atoms with Crippen molar-refractivity contribution in [3.63, 3.8) is 0 Å². The number of halogens is 2. The first-order valence-corrected chi connectivity index (χ1v) is 12.7. The Morgan fingerprint density at radius 3 is 2.24 bits per heavy atom. The molecule has 2 aromatic carbocycles. The molecule has 2 aromatic rings. The summed E-state index contributed by atoms with van der Waals surface area (Å²) in [7, 11) is -2.51. The fraction of sp³-hybridized carbons (Fsp3) is 0.364. The number of hydrogen-bond acceptors (Lipinski definition) is 5. The van der Waals surface area contributed by atoms with Gasteiger partial charge in [0.25, 0.3) is 0 Å². The molecule has 0 aliphatic carbocycles. The summed E-state index contributed by atoms with van der Waals surface area (Å²) in [5.41, 5.74) is 0.855. The zero-order valence-electron chi connectivity index (χ0n) is 18.8. The molecule has 2 amide bonds. The summed E-state index contributed by atoms with van der Waals surface area (Å²) in [5.74, 6) is -0.694. The average Bonchev–Trinajstić information content (AvgIpc) is 2.75. The molecular formula is C22H27Cl2N3O5S. The summed E-state index contributed by atoms with van der Waals surface area (Å²) in [6, 6.07) is 10.5. The van der Waals surface area contributed by atoms with Crippen LogP contribution < -0.4 is 14.4 Å². The van der Waals surface area contributed by atoms with E-state index in [0.29, 0.717) is 11.6 Å². The van der Waals surface area contributed by atoms with E-state index < -0.39 is 28.5 Å². The van der Waals surface area contributed by atoms with E-state index in [2.05, 4.69) is 5.32 Å². The van der Waals surface area contributed by atoms with Crippen LogP contribution in [0.25, 0.3) is 0 Å². The highest BCUT2D eigenvalue weighted by Gasteiger charge is 2.31. The highest BCUT2D eigenvalue weighted by molar-refractivity contribution is 7.92. The number of sulfonamides is 1. The van der Waals surface area contributed by atoms with Crippen molar-refractivity contribution in [2.75, 3.05) is 30.8 Å². The highest BCUT2D eigenvalue weighted by atomic mass is 35.5. The molecule has 0 heterocycles. The third-order valence-electron chi connectivity index (χ3n) is 4.87. The van der Waals surface area contributed by atoms with Crippen molar-refractivity contribution in [2.24, 2.45) is 0 Å². The summed E-state index contributed by atoms with van der Waals surface area (Å²) in [6.45, 7) is 3.28. The van der Waals surface area contributed by atoms with Crippen molar-refractivity contribution in [3.8, 4) is 5.75 Å². The van der Waals surface area contributed by atoms with Crippen molar-refractivity contribution in [2.45, 2.75) is 26.4 Å². The van der Waals surface area contributed by atoms with Crippen LogP contribution >= 0.6 is 23.2 Å². The van der Waals surface area contributed by atoms with Crippen LogP contribution in [0.1, 0.15) is 19.4 Å². The lowest BCUT2D eigenvalue weighted by Crippen LogP contribution is -2.51. The molecule has 1 N–H and O–H groups in total. The molecule has 0 unspecified atom stereocenters. The molecule has 11 heteroatoms. The Kier molecular flexibility index (Phi) is 9.39. The molecule has 0 saturated heterocycles. The van der Waals surface area contributed by atoms with Gasteiger partial charge in [0, 0.05) is 23.1 Å². The van der Waals surface area contributed by atoms with Crippen molar-refractivity contribution in [1.82, 2.24) is 10.2 Å². The van der Waals surface area contributed by atoms with Crippen LogP contribution in [0.2, 0.25) is 10.0 Å². The molecular weight excluding hydrogens is 489 g/mol. The number of carbonyl (C=O) groups excluding carboxylic acids is 2. The largest absolute Gasteiger partial charge is 0.495 e. The summed E-state index contributed by atoms with van der Waals surface area (Å²) < 4.78 is 31.5. The topological polar surface area (TPSA) is 96.0 Å². The Morgan fingerprint density at radius 2 is 1.70 bits per heavy atom. The van der Waals surface area contributed by atoms with Gasteiger partial charge in [0.05, 0.1) is 19.1 Å². The van der Waals surface area contributed by atoms with Gasteiger partial charge in [0.2, 0.25) is 21.8 Å². The average molecular weight is 516 g/mol. The first-order valence-electron chi connectivity index (χ1n) is 10.1. The zero-order chi connectivity index (χ0) is 24.8. The summed E-state index contributed by atoms with van der Waals surface area (Å²) in [4.78, 5) is 27.3. The molecule has 2 rings (SSSR count). The van der Waals surface area contributed by atoms with Crippen LogP contribution in [0.5, 0.6) is 5.75 Å². The summed E-state index contributed by atoms with van der Waals surface area (Å²) in [5, 5.41) is 3.50. The third-order valence-corrected chi connectivity index (χ3v) is 6.49. The quantitative estimate of drug-likeness (QED) is 0.523. The maximum atomic E-state index is 13.4. The lowest BCUT2D eigenvalue weighted by molar-refractivity contribution is -0.139. The van der Waals surface area contributed by atoms with Gasteiger partial charge in [-0.25, -0.2) is 8.42 Å². The van der Waals surface area contributed by atoms with Crippen molar-refractivity contribution < 1.29 is 22.7 Å². The van der Waals surface area contributed by atoms with Gasteiger partial charge in [-0.05, 0) is 49.7 Å². The number of rotatable bonds is 10. The van der Waals surface area contributed by atoms with Crippen LogP contribution in [0.4, 0.5) is 5.69 Å². The van der Waals surface area contributed by atoms with Gasteiger partial charge in [-0.1, -0.05) is 35.3 Å². The second kappa shape index (κ2) is 11.6. The van der Waals surface area contributed by atoms with Crippen molar-refractivity contribution in [1.29, 1.82) is 0 Å². The fourth-order valence-electron chi connectivity index (χ4n) is 3.14. The van der Waals surface area contributed by atoms with Gasteiger partial charge in [-0.2, -0.15) is 0 Å². The van der Waals surface area contributed by atoms with E-state index in [1.165, 1.54) is 24.1 Å². The first-order chi connectivity index (χ1) is 15.5. The number of hydrogen-bond donors (Lipinski definition) is 1. The first kappa shape index (κ1) is 26.8. The van der Waals surface area contributed by atoms with Gasteiger partial charge in [-0.15, -0.1) is 0 Å². The molecule has 1 atom stereocenters. The molecule has 0 bridgehead atoms. The molecule has 33 heavy (non-hydrogen) atoms. The Balaban J connectivity index is 2.44. The van der Waals surface area contributed by atoms with Crippen LogP contribution in [0.3, 0.4) is 0 Å². The SMILES string of the molecule is CCNC(=O)[C@H](C)N(Cc1ccc(Cl)cc1)C(=O)CN(c1cc(Cl)ccc1OC)S(C)(=O)=O. The molecule has 0 spiro atoms. The lowest BCUT2D eigenvalue weighted by atomic mass is 10.1. The molecule has 0 radical (unpaired) electrons. The highest BCUT2D eigenvalue weighted by Crippen LogP contribution is 2.33. The molecule has 0 fully saturated rings. The van der Waals surface area contributed by atoms with Crippen LogP contribution in [-0.2, 0) is 26.2 Å². The summed E-state index contributed by atoms with van der Waals surface area (Å²) in [6.07, 6.45) is 0.984. The van der Waals surface area contributed by atoms with E-state index >= 15 is 0 Å². The molecule has 0 aliphatic rings. The smallest absolute Gasteiger partial charge is 0.244 e. The molecule has 0 saturated carbocycles. The van der Waals surface area contributed by atoms with Gasteiger partial charge in [0.1, 0.15) is 18.3 Å². The Hall–Kier alpha value is -2.49. The number of anilines is 1. The van der Waals surface area contributed by atoms with Gasteiger partial charge in [-0.3, -0.25) is 13.9 Å². The van der Waals surface area contributed by atoms with Crippen molar-refractivity contribution >= 4 is 50.7 Å². The monoisotopic (exact) mass is 515 g/mol. The van der Waals surface area contributed by atoms with Crippen LogP contribution in [0.15, 0.2) is 42.5 Å². The minimum Gasteiger partial charge on any atom is -0.495 e. The molecule has 8 nitrogen and oxygen atoms in total. The second-order valence-electron chi connectivity index (χ2n) is 7.30. The van der Waals surface area contributed by atoms with E-state index in [4.69, 9.17) is 27.9 Å². The number of likely N-dealkylation sites (N-methyl/N-ethyl adjacent to an activating group) is 1. The number of amides is 2. The van der Waals surface area contributed by atoms with E-state index in [9.17, 15) is 18.0 Å². The second-order valence-corrected chi connectivity index (χ2v) is 10.1. The Bertz CT molecular complexity index is 1090. The minimum absolute atomic E-state index is 0.0819. The standard InChI is InChI=1S/C22H27Cl2N3O5S/c1-5-25-22(29)15(2)26(13-16-6-8-17(23)9-7-16)21(28)14-27(33(4,30)31)19-12-18(24)10-11-20(19)32-3/h6-12,15H,5,13-14H2,1-4H3,(H,25,29)/t15-/m0/s1. The normalized spacial score (nSPS) is 12.1. The van der Waals surface area contributed by atoms with Gasteiger partial charge < -0.3 is 15.0 Å². The number of ether oxygens (including phenoxy) is 1. The number of benzene rings is 2. The third kappa shape index (κ3) is 7.25. The van der Waals surface area contributed by atoms with E-state index in [0.717, 1.165) is 16.1 Å². The number of nitrogens with one attached hydrogen (secondary N) is 1. The van der Waals surface area contributed by atoms with Crippen LogP contribution in [-0.4, -0.2) is 57.6 Å². The van der Waals surface area contributed by atoms with Gasteiger partial charge >= 0.3 is 0 Å². The molecule has 0 aromatic heterocycles. The predicted molar refractivity (Wildman–Crippen MR) is 130 cm³/mol. The summed E-state index contributed by atoms with van der Waals surface area (Å²) >= 11 is 12.0. The molecule has 180 valence electrons. The number of methoxy groups -OCH3 is 1. The van der Waals surface area contributed by atoms with E-state index in [1.807, 2.05) is 0 Å². The van der Waals surface area contributed by atoms with Crippen LogP contribution in [0, 0.1) is 0 Å². The van der Waals surface area contributed by atoms with Gasteiger partial charge in [0.15, 0.2) is 0 Å². The minimum atomic E-state index is -3.90. The fourth-order valence-corrected chi connectivity index (χ4v) is 4.28.